The van der Waals surface area contributed by atoms with Crippen molar-refractivity contribution in [1.29, 1.82) is 0 Å². The molecule has 92 valence electrons. The van der Waals surface area contributed by atoms with Gasteiger partial charge >= 0.3 is 0 Å². The van der Waals surface area contributed by atoms with Gasteiger partial charge in [-0.1, -0.05) is 20.8 Å². The summed E-state index contributed by atoms with van der Waals surface area (Å²) in [6, 6.07) is 3.91. The predicted octanol–water partition coefficient (Wildman–Crippen LogP) is 2.35. The van der Waals surface area contributed by atoms with Gasteiger partial charge in [0.25, 0.3) is 0 Å². The van der Waals surface area contributed by atoms with E-state index >= 15 is 0 Å². The van der Waals surface area contributed by atoms with Gasteiger partial charge in [-0.15, -0.1) is 0 Å². The fourth-order valence-electron chi connectivity index (χ4n) is 1.78. The summed E-state index contributed by atoms with van der Waals surface area (Å²) in [5.41, 5.74) is 0.371. The molecule has 3 heteroatoms. The van der Waals surface area contributed by atoms with Gasteiger partial charge in [0.1, 0.15) is 5.76 Å². The molecular weight excluding hydrogens is 200 g/mol. The lowest BCUT2D eigenvalue weighted by Crippen LogP contribution is -2.34. The number of hydrogen-bond donors (Lipinski definition) is 1. The van der Waals surface area contributed by atoms with Crippen LogP contribution in [0.1, 0.15) is 26.5 Å². The van der Waals surface area contributed by atoms with Gasteiger partial charge < -0.3 is 14.6 Å². The van der Waals surface area contributed by atoms with Crippen LogP contribution >= 0.6 is 0 Å². The molecule has 0 aliphatic rings. The quantitative estimate of drug-likeness (QED) is 0.752. The van der Waals surface area contributed by atoms with Gasteiger partial charge in [0.05, 0.1) is 12.8 Å². The molecule has 0 saturated heterocycles. The number of rotatable bonds is 6. The summed E-state index contributed by atoms with van der Waals surface area (Å²) in [5.74, 6) is 0.999. The van der Waals surface area contributed by atoms with Crippen LogP contribution in [0.5, 0.6) is 0 Å². The van der Waals surface area contributed by atoms with Crippen LogP contribution in [0.25, 0.3) is 0 Å². The molecule has 0 aliphatic heterocycles. The van der Waals surface area contributed by atoms with Crippen molar-refractivity contribution in [3.05, 3.63) is 24.2 Å². The topological polar surface area (TPSA) is 28.4 Å². The van der Waals surface area contributed by atoms with Gasteiger partial charge in [0.2, 0.25) is 0 Å². The molecular formula is C13H24N2O. The largest absolute Gasteiger partial charge is 0.468 e. The van der Waals surface area contributed by atoms with E-state index in [0.29, 0.717) is 5.41 Å². The van der Waals surface area contributed by atoms with Gasteiger partial charge in [-0.3, -0.25) is 0 Å². The summed E-state index contributed by atoms with van der Waals surface area (Å²) in [5, 5.41) is 3.37. The number of nitrogens with one attached hydrogen (secondary N) is 1. The van der Waals surface area contributed by atoms with E-state index in [1.807, 2.05) is 12.1 Å². The van der Waals surface area contributed by atoms with Gasteiger partial charge in [-0.2, -0.15) is 0 Å². The van der Waals surface area contributed by atoms with Crippen molar-refractivity contribution < 1.29 is 4.42 Å². The molecule has 1 aromatic heterocycles. The molecule has 0 saturated carbocycles. The van der Waals surface area contributed by atoms with E-state index in [-0.39, 0.29) is 0 Å². The highest BCUT2D eigenvalue weighted by Crippen LogP contribution is 2.13. The minimum Gasteiger partial charge on any atom is -0.468 e. The van der Waals surface area contributed by atoms with E-state index in [0.717, 1.165) is 31.9 Å². The zero-order chi connectivity index (χ0) is 12.0. The zero-order valence-electron chi connectivity index (χ0n) is 10.9. The molecule has 0 amide bonds. The van der Waals surface area contributed by atoms with E-state index in [1.54, 1.807) is 6.26 Å². The van der Waals surface area contributed by atoms with Crippen LogP contribution in [-0.4, -0.2) is 31.6 Å². The molecule has 0 atom stereocenters. The van der Waals surface area contributed by atoms with Gasteiger partial charge in [0, 0.05) is 19.6 Å². The van der Waals surface area contributed by atoms with Crippen LogP contribution in [0, 0.1) is 5.41 Å². The summed E-state index contributed by atoms with van der Waals surface area (Å²) in [7, 11) is 2.17. The zero-order valence-corrected chi connectivity index (χ0v) is 10.9. The van der Waals surface area contributed by atoms with Crippen molar-refractivity contribution in [3.63, 3.8) is 0 Å². The average Bonchev–Trinajstić information content (AvgIpc) is 2.62. The van der Waals surface area contributed by atoms with Gasteiger partial charge in [0.15, 0.2) is 0 Å². The van der Waals surface area contributed by atoms with Crippen LogP contribution in [0.15, 0.2) is 22.8 Å². The second-order valence-electron chi connectivity index (χ2n) is 5.55. The average molecular weight is 224 g/mol. The molecule has 0 aromatic carbocycles. The fraction of sp³-hybridized carbons (Fsp3) is 0.692. The highest BCUT2D eigenvalue weighted by atomic mass is 16.3. The molecule has 1 rings (SSSR count). The molecule has 0 bridgehead atoms. The second-order valence-corrected chi connectivity index (χ2v) is 5.55. The Morgan fingerprint density at radius 1 is 1.38 bits per heavy atom. The van der Waals surface area contributed by atoms with Crippen LogP contribution in [0.3, 0.4) is 0 Å². The minimum atomic E-state index is 0.371. The molecule has 1 heterocycles. The Labute approximate surface area is 98.8 Å². The first-order valence-electron chi connectivity index (χ1n) is 5.89. The van der Waals surface area contributed by atoms with Crippen LogP contribution in [0.2, 0.25) is 0 Å². The maximum absolute atomic E-state index is 5.25. The summed E-state index contributed by atoms with van der Waals surface area (Å²) < 4.78 is 5.25. The van der Waals surface area contributed by atoms with Gasteiger partial charge in [-0.25, -0.2) is 0 Å². The SMILES string of the molecule is CN(CCNCc1ccco1)CC(C)(C)C. The van der Waals surface area contributed by atoms with Gasteiger partial charge in [-0.05, 0) is 24.6 Å². The number of hydrogen-bond acceptors (Lipinski definition) is 3. The molecule has 1 aromatic rings. The fourth-order valence-corrected chi connectivity index (χ4v) is 1.78. The Kier molecular flexibility index (Phi) is 5.03. The second kappa shape index (κ2) is 6.06. The summed E-state index contributed by atoms with van der Waals surface area (Å²) in [4.78, 5) is 2.36. The summed E-state index contributed by atoms with van der Waals surface area (Å²) >= 11 is 0. The van der Waals surface area contributed by atoms with Crippen molar-refractivity contribution in [2.45, 2.75) is 27.3 Å². The van der Waals surface area contributed by atoms with Crippen LogP contribution < -0.4 is 5.32 Å². The molecule has 0 aliphatic carbocycles. The maximum Gasteiger partial charge on any atom is 0.117 e. The Morgan fingerprint density at radius 2 is 2.12 bits per heavy atom. The summed E-state index contributed by atoms with van der Waals surface area (Å²) in [6.45, 7) is 10.8. The van der Waals surface area contributed by atoms with E-state index in [1.165, 1.54) is 0 Å². The molecule has 16 heavy (non-hydrogen) atoms. The third-order valence-electron chi connectivity index (χ3n) is 2.29. The Bertz CT molecular complexity index is 275. The normalized spacial score (nSPS) is 12.3. The lowest BCUT2D eigenvalue weighted by Gasteiger charge is -2.26. The van der Waals surface area contributed by atoms with E-state index < -0.39 is 0 Å². The molecule has 3 nitrogen and oxygen atoms in total. The van der Waals surface area contributed by atoms with Crippen molar-refractivity contribution in [3.8, 4) is 0 Å². The van der Waals surface area contributed by atoms with Crippen molar-refractivity contribution in [1.82, 2.24) is 10.2 Å². The van der Waals surface area contributed by atoms with Crippen LogP contribution in [-0.2, 0) is 6.54 Å². The standard InChI is InChI=1S/C13H24N2O/c1-13(2,3)11-15(4)8-7-14-10-12-6-5-9-16-12/h5-6,9,14H,7-8,10-11H2,1-4H3. The molecule has 0 radical (unpaired) electrons. The van der Waals surface area contributed by atoms with Crippen molar-refractivity contribution >= 4 is 0 Å². The highest BCUT2D eigenvalue weighted by Gasteiger charge is 2.12. The first kappa shape index (κ1) is 13.3. The van der Waals surface area contributed by atoms with E-state index in [4.69, 9.17) is 4.42 Å². The number of nitrogens with zero attached hydrogens (tertiary/aromatic N) is 1. The monoisotopic (exact) mass is 224 g/mol. The maximum atomic E-state index is 5.25. The third-order valence-corrected chi connectivity index (χ3v) is 2.29. The molecule has 0 unspecified atom stereocenters. The predicted molar refractivity (Wildman–Crippen MR) is 67.4 cm³/mol. The van der Waals surface area contributed by atoms with Crippen LogP contribution in [0.4, 0.5) is 0 Å². The first-order valence-corrected chi connectivity index (χ1v) is 5.89. The third kappa shape index (κ3) is 5.93. The summed E-state index contributed by atoms with van der Waals surface area (Å²) in [6.07, 6.45) is 1.71. The smallest absolute Gasteiger partial charge is 0.117 e. The number of furan rings is 1. The molecule has 0 spiro atoms. The van der Waals surface area contributed by atoms with Crippen molar-refractivity contribution in [2.24, 2.45) is 5.41 Å². The molecule has 0 fully saturated rings. The van der Waals surface area contributed by atoms with Crippen molar-refractivity contribution in [2.75, 3.05) is 26.7 Å². The Balaban J connectivity index is 2.07. The minimum absolute atomic E-state index is 0.371. The lowest BCUT2D eigenvalue weighted by atomic mass is 9.96. The highest BCUT2D eigenvalue weighted by molar-refractivity contribution is 4.97. The van der Waals surface area contributed by atoms with E-state index in [2.05, 4.69) is 38.0 Å². The number of likely N-dealkylation sites (N-methyl/N-ethyl adjacent to an activating group) is 1. The van der Waals surface area contributed by atoms with E-state index in [9.17, 15) is 0 Å². The first-order chi connectivity index (χ1) is 7.47. The lowest BCUT2D eigenvalue weighted by molar-refractivity contribution is 0.226. The Hall–Kier alpha value is -0.800. The molecule has 1 N–H and O–H groups in total. The Morgan fingerprint density at radius 3 is 2.69 bits per heavy atom.